The van der Waals surface area contributed by atoms with Gasteiger partial charge in [-0.05, 0) is 36.1 Å². The highest BCUT2D eigenvalue weighted by Crippen LogP contribution is 2.33. The second-order valence-electron chi connectivity index (χ2n) is 5.93. The number of fused-ring (bicyclic) bond motifs is 1. The summed E-state index contributed by atoms with van der Waals surface area (Å²) in [6.07, 6.45) is -0.902. The van der Waals surface area contributed by atoms with Crippen LogP contribution in [-0.2, 0) is 13.0 Å². The Hall–Kier alpha value is -1.07. The van der Waals surface area contributed by atoms with Crippen molar-refractivity contribution in [2.24, 2.45) is 0 Å². The first kappa shape index (κ1) is 17.3. The molecule has 22 heavy (non-hydrogen) atoms. The first-order valence-corrected chi connectivity index (χ1v) is 8.07. The lowest BCUT2D eigenvalue weighted by Gasteiger charge is -2.37. The Morgan fingerprint density at radius 2 is 2.05 bits per heavy atom. The van der Waals surface area contributed by atoms with Gasteiger partial charge in [0.05, 0.1) is 6.54 Å². The smallest absolute Gasteiger partial charge is 0.305 e. The summed E-state index contributed by atoms with van der Waals surface area (Å²) in [7, 11) is 0. The molecule has 124 valence electrons. The van der Waals surface area contributed by atoms with E-state index in [4.69, 9.17) is 0 Å². The fraction of sp³-hybridized carbons (Fsp3) is 0.647. The number of nitrogens with one attached hydrogen (secondary N) is 1. The van der Waals surface area contributed by atoms with Gasteiger partial charge in [0.2, 0.25) is 0 Å². The molecule has 0 radical (unpaired) electrons. The van der Waals surface area contributed by atoms with Gasteiger partial charge in [0.25, 0.3) is 0 Å². The van der Waals surface area contributed by atoms with Gasteiger partial charge in [-0.25, -0.2) is 0 Å². The molecule has 1 aromatic rings. The first-order valence-electron chi connectivity index (χ1n) is 8.07. The third kappa shape index (κ3) is 4.46. The standard InChI is InChI=1S/C17H25F3N2/c1-3-5-16-15-7-6-13(11-21-12-17(18,19)20)10-14(15)8-9-22(16)4-2/h6-7,10,16,21H,3-5,8-9,11-12H2,1-2H3. The van der Waals surface area contributed by atoms with Crippen molar-refractivity contribution in [1.82, 2.24) is 10.2 Å². The number of alkyl halides is 3. The maximum atomic E-state index is 12.2. The zero-order chi connectivity index (χ0) is 16.2. The molecular formula is C17H25F3N2. The minimum absolute atomic E-state index is 0.267. The normalized spacial score (nSPS) is 19.2. The highest BCUT2D eigenvalue weighted by atomic mass is 19.4. The van der Waals surface area contributed by atoms with Crippen molar-refractivity contribution in [1.29, 1.82) is 0 Å². The lowest BCUT2D eigenvalue weighted by atomic mass is 9.89. The van der Waals surface area contributed by atoms with Gasteiger partial charge >= 0.3 is 6.18 Å². The first-order chi connectivity index (χ1) is 10.4. The van der Waals surface area contributed by atoms with Crippen LogP contribution >= 0.6 is 0 Å². The monoisotopic (exact) mass is 314 g/mol. The molecule has 0 aromatic heterocycles. The zero-order valence-corrected chi connectivity index (χ0v) is 13.3. The van der Waals surface area contributed by atoms with Gasteiger partial charge in [-0.3, -0.25) is 4.90 Å². The van der Waals surface area contributed by atoms with Crippen LogP contribution in [0.15, 0.2) is 18.2 Å². The fourth-order valence-electron chi connectivity index (χ4n) is 3.27. The van der Waals surface area contributed by atoms with Crippen LogP contribution in [0.4, 0.5) is 13.2 Å². The number of hydrogen-bond donors (Lipinski definition) is 1. The quantitative estimate of drug-likeness (QED) is 0.852. The Labute approximate surface area is 130 Å². The summed E-state index contributed by atoms with van der Waals surface area (Å²) in [6, 6.07) is 6.61. The summed E-state index contributed by atoms with van der Waals surface area (Å²) < 4.78 is 36.5. The summed E-state index contributed by atoms with van der Waals surface area (Å²) >= 11 is 0. The maximum Gasteiger partial charge on any atom is 0.401 e. The maximum absolute atomic E-state index is 12.2. The molecule has 0 bridgehead atoms. The SMILES string of the molecule is CCCC1c2ccc(CNCC(F)(F)F)cc2CCN1CC. The summed E-state index contributed by atoms with van der Waals surface area (Å²) in [5.41, 5.74) is 3.59. The summed E-state index contributed by atoms with van der Waals surface area (Å²) in [5, 5.41) is 2.47. The Morgan fingerprint density at radius 3 is 2.68 bits per heavy atom. The highest BCUT2D eigenvalue weighted by Gasteiger charge is 2.27. The molecule has 1 atom stereocenters. The number of rotatable bonds is 6. The fourth-order valence-corrected chi connectivity index (χ4v) is 3.27. The van der Waals surface area contributed by atoms with Gasteiger partial charge in [0.15, 0.2) is 0 Å². The Bertz CT molecular complexity index is 485. The predicted molar refractivity (Wildman–Crippen MR) is 82.8 cm³/mol. The van der Waals surface area contributed by atoms with Gasteiger partial charge in [0, 0.05) is 19.1 Å². The number of hydrogen-bond acceptors (Lipinski definition) is 2. The molecule has 0 amide bonds. The van der Waals surface area contributed by atoms with E-state index in [9.17, 15) is 13.2 Å². The molecule has 0 spiro atoms. The molecule has 1 aliphatic rings. The van der Waals surface area contributed by atoms with E-state index in [2.05, 4.69) is 36.2 Å². The van der Waals surface area contributed by atoms with E-state index in [1.165, 1.54) is 11.1 Å². The van der Waals surface area contributed by atoms with E-state index in [1.807, 2.05) is 6.07 Å². The van der Waals surface area contributed by atoms with Crippen molar-refractivity contribution in [2.75, 3.05) is 19.6 Å². The van der Waals surface area contributed by atoms with Crippen LogP contribution in [0.5, 0.6) is 0 Å². The van der Waals surface area contributed by atoms with Gasteiger partial charge in [-0.2, -0.15) is 13.2 Å². The minimum Gasteiger partial charge on any atom is -0.305 e. The van der Waals surface area contributed by atoms with Crippen molar-refractivity contribution >= 4 is 0 Å². The van der Waals surface area contributed by atoms with Crippen LogP contribution < -0.4 is 5.32 Å². The van der Waals surface area contributed by atoms with Crippen molar-refractivity contribution in [3.05, 3.63) is 34.9 Å². The van der Waals surface area contributed by atoms with Crippen molar-refractivity contribution in [3.8, 4) is 0 Å². The molecule has 1 aliphatic heterocycles. The number of halogens is 3. The predicted octanol–water partition coefficient (Wildman–Crippen LogP) is 4.06. The van der Waals surface area contributed by atoms with Gasteiger partial charge in [0.1, 0.15) is 0 Å². The molecule has 2 rings (SSSR count). The topological polar surface area (TPSA) is 15.3 Å². The average Bonchev–Trinajstić information content (AvgIpc) is 2.46. The van der Waals surface area contributed by atoms with E-state index in [0.717, 1.165) is 37.9 Å². The third-order valence-corrected chi connectivity index (χ3v) is 4.30. The molecule has 0 aliphatic carbocycles. The van der Waals surface area contributed by atoms with Crippen LogP contribution in [0.3, 0.4) is 0 Å². The number of benzene rings is 1. The molecule has 0 saturated carbocycles. The van der Waals surface area contributed by atoms with Crippen LogP contribution in [0.2, 0.25) is 0 Å². The molecule has 5 heteroatoms. The van der Waals surface area contributed by atoms with E-state index in [0.29, 0.717) is 6.04 Å². The molecule has 0 saturated heterocycles. The van der Waals surface area contributed by atoms with Gasteiger partial charge in [-0.15, -0.1) is 0 Å². The molecule has 1 aromatic carbocycles. The number of likely N-dealkylation sites (N-methyl/N-ethyl adjacent to an activating group) is 1. The summed E-state index contributed by atoms with van der Waals surface area (Å²) in [6.45, 7) is 5.78. The average molecular weight is 314 g/mol. The van der Waals surface area contributed by atoms with Crippen LogP contribution in [0.25, 0.3) is 0 Å². The lowest BCUT2D eigenvalue weighted by molar-refractivity contribution is -0.125. The molecule has 1 N–H and O–H groups in total. The van der Waals surface area contributed by atoms with Crippen molar-refractivity contribution in [2.45, 2.75) is 51.9 Å². The Kier molecular flexibility index (Phi) is 5.87. The van der Waals surface area contributed by atoms with Gasteiger partial charge in [-0.1, -0.05) is 38.5 Å². The van der Waals surface area contributed by atoms with Crippen molar-refractivity contribution in [3.63, 3.8) is 0 Å². The van der Waals surface area contributed by atoms with Crippen molar-refractivity contribution < 1.29 is 13.2 Å². The summed E-state index contributed by atoms with van der Waals surface area (Å²) in [5.74, 6) is 0. The highest BCUT2D eigenvalue weighted by molar-refractivity contribution is 5.36. The second kappa shape index (κ2) is 7.47. The third-order valence-electron chi connectivity index (χ3n) is 4.30. The largest absolute Gasteiger partial charge is 0.401 e. The summed E-state index contributed by atoms with van der Waals surface area (Å²) in [4.78, 5) is 2.49. The minimum atomic E-state index is -4.15. The molecule has 1 unspecified atom stereocenters. The number of nitrogens with zero attached hydrogens (tertiary/aromatic N) is 1. The van der Waals surface area contributed by atoms with E-state index >= 15 is 0 Å². The van der Waals surface area contributed by atoms with E-state index in [-0.39, 0.29) is 6.54 Å². The van der Waals surface area contributed by atoms with Gasteiger partial charge < -0.3 is 5.32 Å². The van der Waals surface area contributed by atoms with Crippen LogP contribution in [0, 0.1) is 0 Å². The zero-order valence-electron chi connectivity index (χ0n) is 13.3. The second-order valence-corrected chi connectivity index (χ2v) is 5.93. The molecule has 2 nitrogen and oxygen atoms in total. The van der Waals surface area contributed by atoms with Crippen LogP contribution in [0.1, 0.15) is 49.4 Å². The lowest BCUT2D eigenvalue weighted by Crippen LogP contribution is -2.35. The Morgan fingerprint density at radius 1 is 1.27 bits per heavy atom. The van der Waals surface area contributed by atoms with E-state index < -0.39 is 12.7 Å². The van der Waals surface area contributed by atoms with Crippen LogP contribution in [-0.4, -0.2) is 30.7 Å². The molecular weight excluding hydrogens is 289 g/mol. The molecule has 1 heterocycles. The molecule has 0 fully saturated rings. The van der Waals surface area contributed by atoms with E-state index in [1.54, 1.807) is 0 Å². The Balaban J connectivity index is 2.07.